The quantitative estimate of drug-likeness (QED) is 0.754. The second-order valence-corrected chi connectivity index (χ2v) is 6.96. The predicted octanol–water partition coefficient (Wildman–Crippen LogP) is 2.45. The van der Waals surface area contributed by atoms with Gasteiger partial charge in [-0.2, -0.15) is 5.10 Å². The fourth-order valence-electron chi connectivity index (χ4n) is 3.48. The van der Waals surface area contributed by atoms with Crippen molar-refractivity contribution in [2.45, 2.75) is 32.2 Å². The molecule has 1 aliphatic rings. The molecule has 1 fully saturated rings. The monoisotopic (exact) mass is 377 g/mol. The van der Waals surface area contributed by atoms with Crippen molar-refractivity contribution in [2.75, 3.05) is 13.1 Å². The van der Waals surface area contributed by atoms with Crippen LogP contribution in [-0.4, -0.2) is 48.8 Å². The Balaban J connectivity index is 1.27. The second kappa shape index (κ2) is 8.16. The van der Waals surface area contributed by atoms with Gasteiger partial charge in [0.05, 0.1) is 5.69 Å². The van der Waals surface area contributed by atoms with Gasteiger partial charge in [-0.05, 0) is 43.5 Å². The number of aromatic nitrogens is 5. The number of rotatable bonds is 4. The summed E-state index contributed by atoms with van der Waals surface area (Å²) in [7, 11) is 0. The van der Waals surface area contributed by atoms with Gasteiger partial charge in [-0.1, -0.05) is 12.1 Å². The summed E-state index contributed by atoms with van der Waals surface area (Å²) in [5.41, 5.74) is 3.07. The molecule has 1 saturated heterocycles. The third kappa shape index (κ3) is 4.16. The average molecular weight is 377 g/mol. The van der Waals surface area contributed by atoms with E-state index in [4.69, 9.17) is 0 Å². The largest absolute Gasteiger partial charge is 0.334 e. The van der Waals surface area contributed by atoms with E-state index in [0.717, 1.165) is 48.7 Å². The van der Waals surface area contributed by atoms with E-state index < -0.39 is 0 Å². The van der Waals surface area contributed by atoms with Crippen LogP contribution in [0.4, 0.5) is 4.79 Å². The van der Waals surface area contributed by atoms with Crippen LogP contribution in [0.2, 0.25) is 0 Å². The summed E-state index contributed by atoms with van der Waals surface area (Å²) in [4.78, 5) is 27.0. The molecule has 0 aliphatic carbocycles. The topological polar surface area (TPSA) is 88.8 Å². The highest BCUT2D eigenvalue weighted by Crippen LogP contribution is 2.26. The Labute approximate surface area is 163 Å². The van der Waals surface area contributed by atoms with E-state index in [1.165, 1.54) is 6.33 Å². The van der Waals surface area contributed by atoms with Gasteiger partial charge in [-0.3, -0.25) is 0 Å². The van der Waals surface area contributed by atoms with Crippen molar-refractivity contribution in [3.05, 3.63) is 66.3 Å². The van der Waals surface area contributed by atoms with Crippen LogP contribution in [0.5, 0.6) is 0 Å². The molecular weight excluding hydrogens is 354 g/mol. The van der Waals surface area contributed by atoms with Gasteiger partial charge in [-0.25, -0.2) is 24.4 Å². The third-order valence-corrected chi connectivity index (χ3v) is 5.06. The van der Waals surface area contributed by atoms with Gasteiger partial charge in [0.15, 0.2) is 0 Å². The van der Waals surface area contributed by atoms with Gasteiger partial charge in [0.25, 0.3) is 0 Å². The number of piperidine rings is 1. The van der Waals surface area contributed by atoms with Gasteiger partial charge in [0, 0.05) is 37.4 Å². The fraction of sp³-hybridized carbons (Fsp3) is 0.350. The number of aryl methyl sites for hydroxylation is 1. The van der Waals surface area contributed by atoms with E-state index in [0.29, 0.717) is 12.5 Å². The smallest absolute Gasteiger partial charge is 0.317 e. The van der Waals surface area contributed by atoms with Crippen LogP contribution in [0, 0.1) is 6.92 Å². The van der Waals surface area contributed by atoms with Crippen LogP contribution >= 0.6 is 0 Å². The summed E-state index contributed by atoms with van der Waals surface area (Å²) in [6.45, 7) is 3.89. The summed E-state index contributed by atoms with van der Waals surface area (Å²) < 4.78 is 1.70. The first-order chi connectivity index (χ1) is 13.7. The number of carbonyl (C=O) groups is 1. The van der Waals surface area contributed by atoms with Crippen LogP contribution in [0.3, 0.4) is 0 Å². The molecule has 8 heteroatoms. The highest BCUT2D eigenvalue weighted by atomic mass is 16.2. The maximum atomic E-state index is 12.5. The molecule has 0 bridgehead atoms. The molecule has 1 N–H and O–H groups in total. The van der Waals surface area contributed by atoms with Crippen molar-refractivity contribution in [1.82, 2.24) is 34.9 Å². The van der Waals surface area contributed by atoms with Gasteiger partial charge in [-0.15, -0.1) is 0 Å². The lowest BCUT2D eigenvalue weighted by Gasteiger charge is -2.31. The number of amides is 2. The first-order valence-electron chi connectivity index (χ1n) is 9.45. The molecule has 0 spiro atoms. The molecular formula is C20H23N7O. The highest BCUT2D eigenvalue weighted by Gasteiger charge is 2.24. The minimum absolute atomic E-state index is 0.0160. The van der Waals surface area contributed by atoms with E-state index in [1.54, 1.807) is 11.0 Å². The molecule has 0 radical (unpaired) electrons. The zero-order valence-electron chi connectivity index (χ0n) is 15.8. The number of benzene rings is 1. The number of carbonyl (C=O) groups excluding carboxylic acids is 1. The van der Waals surface area contributed by atoms with Gasteiger partial charge in [0.2, 0.25) is 0 Å². The van der Waals surface area contributed by atoms with Crippen LogP contribution < -0.4 is 5.32 Å². The van der Waals surface area contributed by atoms with E-state index in [2.05, 4.69) is 25.4 Å². The van der Waals surface area contributed by atoms with Crippen molar-refractivity contribution < 1.29 is 4.79 Å². The summed E-state index contributed by atoms with van der Waals surface area (Å²) in [6, 6.07) is 9.87. The molecule has 1 aliphatic heterocycles. The Hall–Kier alpha value is -3.29. The molecule has 3 heterocycles. The second-order valence-electron chi connectivity index (χ2n) is 6.96. The maximum Gasteiger partial charge on any atom is 0.317 e. The minimum Gasteiger partial charge on any atom is -0.334 e. The maximum absolute atomic E-state index is 12.5. The summed E-state index contributed by atoms with van der Waals surface area (Å²) in [5, 5.41) is 7.12. The van der Waals surface area contributed by atoms with E-state index in [9.17, 15) is 4.79 Å². The Morgan fingerprint density at radius 2 is 1.96 bits per heavy atom. The number of nitrogens with zero attached hydrogens (tertiary/aromatic N) is 6. The van der Waals surface area contributed by atoms with Crippen LogP contribution in [-0.2, 0) is 6.54 Å². The molecule has 3 aromatic rings. The zero-order chi connectivity index (χ0) is 19.3. The lowest BCUT2D eigenvalue weighted by atomic mass is 9.93. The number of nitrogens with one attached hydrogen (secondary N) is 1. The Morgan fingerprint density at radius 3 is 2.64 bits per heavy atom. The van der Waals surface area contributed by atoms with Crippen molar-refractivity contribution in [3.8, 4) is 5.69 Å². The van der Waals surface area contributed by atoms with Gasteiger partial charge in [0.1, 0.15) is 18.5 Å². The van der Waals surface area contributed by atoms with Crippen molar-refractivity contribution in [2.24, 2.45) is 0 Å². The normalized spacial score (nSPS) is 14.8. The van der Waals surface area contributed by atoms with Gasteiger partial charge < -0.3 is 10.2 Å². The van der Waals surface area contributed by atoms with E-state index in [-0.39, 0.29) is 6.03 Å². The summed E-state index contributed by atoms with van der Waals surface area (Å²) in [6.07, 6.45) is 6.82. The third-order valence-electron chi connectivity index (χ3n) is 5.06. The Morgan fingerprint density at radius 1 is 1.18 bits per heavy atom. The van der Waals surface area contributed by atoms with Crippen molar-refractivity contribution >= 4 is 6.03 Å². The highest BCUT2D eigenvalue weighted by molar-refractivity contribution is 5.74. The van der Waals surface area contributed by atoms with Crippen LogP contribution in [0.25, 0.3) is 5.69 Å². The number of hydrogen-bond acceptors (Lipinski definition) is 5. The lowest BCUT2D eigenvalue weighted by Crippen LogP contribution is -2.43. The van der Waals surface area contributed by atoms with E-state index >= 15 is 0 Å². The fourth-order valence-corrected chi connectivity index (χ4v) is 3.48. The Bertz CT molecular complexity index is 916. The van der Waals surface area contributed by atoms with Crippen LogP contribution in [0.15, 0.2) is 49.2 Å². The molecule has 28 heavy (non-hydrogen) atoms. The minimum atomic E-state index is -0.0160. The molecule has 1 aromatic carbocycles. The van der Waals surface area contributed by atoms with Crippen LogP contribution in [0.1, 0.15) is 35.8 Å². The zero-order valence-corrected chi connectivity index (χ0v) is 15.8. The molecule has 0 unspecified atom stereocenters. The van der Waals surface area contributed by atoms with E-state index in [1.807, 2.05) is 48.4 Å². The SMILES string of the molecule is Cc1nccc(C2CCN(C(=O)NCc3ccc(-n4cncn4)cc3)CC2)n1. The molecule has 4 rings (SSSR count). The molecule has 8 nitrogen and oxygen atoms in total. The lowest BCUT2D eigenvalue weighted by molar-refractivity contribution is 0.180. The molecule has 0 atom stereocenters. The first kappa shape index (κ1) is 18.1. The molecule has 2 amide bonds. The number of hydrogen-bond donors (Lipinski definition) is 1. The van der Waals surface area contributed by atoms with Crippen molar-refractivity contribution in [1.29, 1.82) is 0 Å². The molecule has 2 aromatic heterocycles. The summed E-state index contributed by atoms with van der Waals surface area (Å²) in [5.74, 6) is 1.20. The first-order valence-corrected chi connectivity index (χ1v) is 9.45. The van der Waals surface area contributed by atoms with Gasteiger partial charge >= 0.3 is 6.03 Å². The average Bonchev–Trinajstić information content (AvgIpc) is 3.27. The molecule has 0 saturated carbocycles. The summed E-state index contributed by atoms with van der Waals surface area (Å²) >= 11 is 0. The standard InChI is InChI=1S/C20H23N7O/c1-15-22-9-6-19(25-15)17-7-10-26(11-8-17)20(28)23-12-16-2-4-18(5-3-16)27-14-21-13-24-27/h2-6,9,13-14,17H,7-8,10-12H2,1H3,(H,23,28). The molecule has 144 valence electrons. The Kier molecular flexibility index (Phi) is 5.27. The van der Waals surface area contributed by atoms with Crippen molar-refractivity contribution in [3.63, 3.8) is 0 Å². The predicted molar refractivity (Wildman–Crippen MR) is 104 cm³/mol. The number of likely N-dealkylation sites (tertiary alicyclic amines) is 1. The number of urea groups is 1.